The van der Waals surface area contributed by atoms with Crippen LogP contribution in [-0.4, -0.2) is 70.2 Å². The lowest BCUT2D eigenvalue weighted by molar-refractivity contribution is -0.137. The topological polar surface area (TPSA) is 61.8 Å². The zero-order valence-corrected chi connectivity index (χ0v) is 32.5. The molecule has 244 valence electrons. The fourth-order valence-corrected chi connectivity index (χ4v) is 9.52. The molecule has 2 rings (SSSR count). The monoisotopic (exact) mass is 666 g/mol. The summed E-state index contributed by atoms with van der Waals surface area (Å²) in [5.41, 5.74) is 1.25. The van der Waals surface area contributed by atoms with Crippen LogP contribution in [0, 0.1) is 5.92 Å². The van der Waals surface area contributed by atoms with Gasteiger partial charge in [0.25, 0.3) is 0 Å². The summed E-state index contributed by atoms with van der Waals surface area (Å²) >= 11 is 3.33. The fraction of sp³-hybridized carbons (Fsp3) is 0.706. The van der Waals surface area contributed by atoms with Gasteiger partial charge in [0.05, 0.1) is 30.3 Å². The van der Waals surface area contributed by atoms with Gasteiger partial charge in [0.1, 0.15) is 5.78 Å². The Morgan fingerprint density at radius 2 is 1.60 bits per heavy atom. The molecule has 5 nitrogen and oxygen atoms in total. The van der Waals surface area contributed by atoms with Crippen LogP contribution in [0.4, 0.5) is 0 Å². The van der Waals surface area contributed by atoms with Crippen LogP contribution >= 0.6 is 23.5 Å². The molecule has 1 aliphatic rings. The number of carbonyl (C=O) groups excluding carboxylic acids is 2. The minimum absolute atomic E-state index is 0.0113. The van der Waals surface area contributed by atoms with Gasteiger partial charge in [-0.25, -0.2) is 0 Å². The maximum atomic E-state index is 13.5. The normalized spacial score (nSPS) is 21.8. The molecule has 0 saturated heterocycles. The van der Waals surface area contributed by atoms with Crippen molar-refractivity contribution in [2.24, 2.45) is 5.92 Å². The summed E-state index contributed by atoms with van der Waals surface area (Å²) in [6.45, 7) is 25.0. The first kappa shape index (κ1) is 38.3. The van der Waals surface area contributed by atoms with Crippen molar-refractivity contribution >= 4 is 51.9 Å². The molecule has 43 heavy (non-hydrogen) atoms. The Labute approximate surface area is 273 Å². The SMILES string of the molecule is COC(=O)CSCCCS[C@H]1C(=O)C[C@@H](O[Si](C)(C)C(C)(C)C)[C@@H]1/C=C/C(O[Si](C)(C)C(C)(C)C)C(C)c1ccccc1. The van der Waals surface area contributed by atoms with Crippen molar-refractivity contribution in [3.63, 3.8) is 0 Å². The van der Waals surface area contributed by atoms with Gasteiger partial charge in [-0.3, -0.25) is 9.59 Å². The van der Waals surface area contributed by atoms with Crippen molar-refractivity contribution in [3.05, 3.63) is 48.0 Å². The molecule has 1 fully saturated rings. The van der Waals surface area contributed by atoms with Crippen LogP contribution in [0.5, 0.6) is 0 Å². The predicted molar refractivity (Wildman–Crippen MR) is 191 cm³/mol. The number of ketones is 1. The van der Waals surface area contributed by atoms with E-state index in [1.165, 1.54) is 12.7 Å². The molecule has 0 bridgehead atoms. The number of methoxy groups -OCH3 is 1. The van der Waals surface area contributed by atoms with Gasteiger partial charge in [0.15, 0.2) is 16.6 Å². The Morgan fingerprint density at radius 1 is 1.00 bits per heavy atom. The summed E-state index contributed by atoms with van der Waals surface area (Å²) in [5, 5.41) is -0.00334. The van der Waals surface area contributed by atoms with Gasteiger partial charge in [0, 0.05) is 18.3 Å². The number of ether oxygens (including phenoxy) is 1. The van der Waals surface area contributed by atoms with Crippen molar-refractivity contribution in [3.8, 4) is 0 Å². The molecule has 0 spiro atoms. The highest BCUT2D eigenvalue weighted by Crippen LogP contribution is 2.44. The van der Waals surface area contributed by atoms with E-state index in [-0.39, 0.29) is 51.1 Å². The fourth-order valence-electron chi connectivity index (χ4n) is 4.56. The zero-order chi connectivity index (χ0) is 32.6. The van der Waals surface area contributed by atoms with E-state index >= 15 is 0 Å². The Balaban J connectivity index is 2.36. The molecule has 0 heterocycles. The predicted octanol–water partition coefficient (Wildman–Crippen LogP) is 9.11. The summed E-state index contributed by atoms with van der Waals surface area (Å²) in [4.78, 5) is 25.0. The van der Waals surface area contributed by atoms with Crippen molar-refractivity contribution in [1.82, 2.24) is 0 Å². The van der Waals surface area contributed by atoms with Gasteiger partial charge in [-0.2, -0.15) is 11.8 Å². The van der Waals surface area contributed by atoms with Crippen LogP contribution in [0.2, 0.25) is 36.3 Å². The van der Waals surface area contributed by atoms with E-state index in [4.69, 9.17) is 13.6 Å². The Hall–Kier alpha value is -0.846. The summed E-state index contributed by atoms with van der Waals surface area (Å²) in [5.74, 6) is 2.34. The smallest absolute Gasteiger partial charge is 0.315 e. The van der Waals surface area contributed by atoms with E-state index in [9.17, 15) is 9.59 Å². The van der Waals surface area contributed by atoms with Crippen molar-refractivity contribution < 1.29 is 23.2 Å². The van der Waals surface area contributed by atoms with E-state index in [2.05, 4.69) is 117 Å². The lowest BCUT2D eigenvalue weighted by Crippen LogP contribution is -2.45. The maximum absolute atomic E-state index is 13.5. The molecule has 1 saturated carbocycles. The van der Waals surface area contributed by atoms with Crippen LogP contribution in [0.1, 0.15) is 72.8 Å². The summed E-state index contributed by atoms with van der Waals surface area (Å²) in [6, 6.07) is 10.6. The lowest BCUT2D eigenvalue weighted by Gasteiger charge is -2.41. The molecule has 0 amide bonds. The first-order chi connectivity index (χ1) is 19.8. The second-order valence-electron chi connectivity index (χ2n) is 14.9. The van der Waals surface area contributed by atoms with E-state index in [0.29, 0.717) is 12.2 Å². The van der Waals surface area contributed by atoms with Crippen LogP contribution in [-0.2, 0) is 23.2 Å². The highest BCUT2D eigenvalue weighted by atomic mass is 32.2. The molecule has 1 aliphatic carbocycles. The van der Waals surface area contributed by atoms with Crippen molar-refractivity contribution in [2.45, 2.75) is 121 Å². The molecule has 0 N–H and O–H groups in total. The van der Waals surface area contributed by atoms with E-state index < -0.39 is 16.6 Å². The average Bonchev–Trinajstić information content (AvgIpc) is 3.19. The average molecular weight is 667 g/mol. The first-order valence-corrected chi connectivity index (χ1v) is 23.7. The Morgan fingerprint density at radius 3 is 2.16 bits per heavy atom. The standard InChI is InChI=1S/C34H58O5S2Si2/c1-25(26-17-14-13-15-18-26)29(38-42(9,10)33(2,3)4)20-19-27-30(39-43(11,12)34(5,6)7)23-28(35)32(27)41-22-16-21-40-24-31(36)37-8/h13-15,17-20,25,27,29-30,32H,16,21-24H2,1-12H3/b20-19+/t25?,27-,29?,30+,32+/m0/s1. The maximum Gasteiger partial charge on any atom is 0.315 e. The molecule has 1 aromatic rings. The van der Waals surface area contributed by atoms with Crippen molar-refractivity contribution in [2.75, 3.05) is 24.4 Å². The Bertz CT molecular complexity index is 1060. The van der Waals surface area contributed by atoms with Gasteiger partial charge in [-0.05, 0) is 59.8 Å². The second kappa shape index (κ2) is 16.1. The van der Waals surface area contributed by atoms with Gasteiger partial charge in [-0.15, -0.1) is 11.8 Å². The molecular weight excluding hydrogens is 609 g/mol. The zero-order valence-electron chi connectivity index (χ0n) is 28.8. The minimum Gasteiger partial charge on any atom is -0.468 e. The lowest BCUT2D eigenvalue weighted by atomic mass is 9.94. The summed E-state index contributed by atoms with van der Waals surface area (Å²) in [7, 11) is -2.75. The van der Waals surface area contributed by atoms with Gasteiger partial charge >= 0.3 is 5.97 Å². The molecule has 1 aromatic carbocycles. The molecule has 5 atom stereocenters. The van der Waals surface area contributed by atoms with E-state index in [1.54, 1.807) is 23.5 Å². The van der Waals surface area contributed by atoms with Crippen LogP contribution < -0.4 is 0 Å². The minimum atomic E-state index is -2.09. The highest BCUT2D eigenvalue weighted by molar-refractivity contribution is 8.01. The number of esters is 1. The quantitative estimate of drug-likeness (QED) is 0.0801. The van der Waals surface area contributed by atoms with E-state index in [0.717, 1.165) is 17.9 Å². The summed E-state index contributed by atoms with van der Waals surface area (Å²) < 4.78 is 18.8. The number of rotatable bonds is 15. The number of Topliss-reactive ketones (excluding diaryl/α,β-unsaturated/α-hetero) is 1. The number of hydrogen-bond acceptors (Lipinski definition) is 7. The van der Waals surface area contributed by atoms with Gasteiger partial charge < -0.3 is 13.6 Å². The third-order valence-electron chi connectivity index (χ3n) is 9.51. The first-order valence-electron chi connectivity index (χ1n) is 15.7. The second-order valence-corrected chi connectivity index (χ2v) is 26.7. The summed E-state index contributed by atoms with van der Waals surface area (Å²) in [6.07, 6.45) is 5.68. The molecule has 0 aromatic heterocycles. The number of carbonyl (C=O) groups is 2. The molecular formula is C34H58O5S2Si2. The number of thioether (sulfide) groups is 2. The third-order valence-corrected chi connectivity index (χ3v) is 21.0. The van der Waals surface area contributed by atoms with Crippen molar-refractivity contribution in [1.29, 1.82) is 0 Å². The number of benzene rings is 1. The molecule has 0 aliphatic heterocycles. The molecule has 2 unspecified atom stereocenters. The molecule has 0 radical (unpaired) electrons. The highest BCUT2D eigenvalue weighted by Gasteiger charge is 2.47. The van der Waals surface area contributed by atoms with E-state index in [1.807, 2.05) is 0 Å². The van der Waals surface area contributed by atoms with Crippen LogP contribution in [0.15, 0.2) is 42.5 Å². The third kappa shape index (κ3) is 11.2. The van der Waals surface area contributed by atoms with Gasteiger partial charge in [-0.1, -0.05) is 91.0 Å². The van der Waals surface area contributed by atoms with Crippen LogP contribution in [0.3, 0.4) is 0 Å². The largest absolute Gasteiger partial charge is 0.468 e. The number of hydrogen-bond donors (Lipinski definition) is 0. The van der Waals surface area contributed by atoms with Gasteiger partial charge in [0.2, 0.25) is 0 Å². The van der Waals surface area contributed by atoms with Crippen LogP contribution in [0.25, 0.3) is 0 Å². The Kier molecular flexibility index (Phi) is 14.4. The molecule has 9 heteroatoms.